The van der Waals surface area contributed by atoms with Crippen molar-refractivity contribution in [3.8, 4) is 0 Å². The molecule has 2 aromatic rings. The maximum atomic E-state index is 5.95. The minimum Gasteiger partial charge on any atom is -0.369 e. The van der Waals surface area contributed by atoms with Crippen molar-refractivity contribution in [2.45, 2.75) is 13.5 Å². The van der Waals surface area contributed by atoms with Crippen molar-refractivity contribution in [2.75, 3.05) is 11.9 Å². The molecule has 0 unspecified atom stereocenters. The topological polar surface area (TPSA) is 31.9 Å². The second-order valence-corrected chi connectivity index (χ2v) is 4.27. The van der Waals surface area contributed by atoms with Crippen molar-refractivity contribution in [1.82, 2.24) is 9.97 Å². The van der Waals surface area contributed by atoms with Crippen LogP contribution in [0.5, 0.6) is 0 Å². The number of imidazole rings is 1. The van der Waals surface area contributed by atoms with Crippen LogP contribution in [0.3, 0.4) is 0 Å². The van der Waals surface area contributed by atoms with Crippen molar-refractivity contribution in [3.05, 3.63) is 47.0 Å². The van der Waals surface area contributed by atoms with Crippen LogP contribution in [0.15, 0.2) is 30.5 Å². The van der Waals surface area contributed by atoms with Crippen molar-refractivity contribution in [1.29, 1.82) is 0 Å². The van der Waals surface area contributed by atoms with Crippen LogP contribution in [-0.2, 0) is 6.54 Å². The zero-order valence-corrected chi connectivity index (χ0v) is 10.1. The third-order valence-electron chi connectivity index (χ3n) is 2.41. The number of anilines is 1. The molecule has 0 fully saturated rings. The number of aromatic amines is 1. The van der Waals surface area contributed by atoms with E-state index in [1.165, 1.54) is 0 Å². The monoisotopic (exact) mass is 235 g/mol. The Kier molecular flexibility index (Phi) is 3.15. The van der Waals surface area contributed by atoms with Gasteiger partial charge in [0, 0.05) is 17.8 Å². The SMILES string of the molecule is Cc1ncc(CN(C)c2cccc(Cl)c2)[nH]1. The molecular formula is C12H14ClN3. The van der Waals surface area contributed by atoms with Gasteiger partial charge in [0.2, 0.25) is 0 Å². The van der Waals surface area contributed by atoms with Gasteiger partial charge in [0.25, 0.3) is 0 Å². The minimum atomic E-state index is 0.755. The van der Waals surface area contributed by atoms with E-state index >= 15 is 0 Å². The number of aromatic nitrogens is 2. The molecule has 1 aromatic heterocycles. The number of rotatable bonds is 3. The van der Waals surface area contributed by atoms with E-state index in [-0.39, 0.29) is 0 Å². The summed E-state index contributed by atoms with van der Waals surface area (Å²) in [6.07, 6.45) is 1.86. The second kappa shape index (κ2) is 4.58. The first kappa shape index (κ1) is 11.0. The van der Waals surface area contributed by atoms with Crippen LogP contribution >= 0.6 is 11.6 Å². The third kappa shape index (κ3) is 2.55. The van der Waals surface area contributed by atoms with Crippen molar-refractivity contribution < 1.29 is 0 Å². The van der Waals surface area contributed by atoms with E-state index in [1.807, 2.05) is 44.4 Å². The van der Waals surface area contributed by atoms with E-state index in [1.54, 1.807) is 0 Å². The molecule has 1 heterocycles. The molecular weight excluding hydrogens is 222 g/mol. The highest BCUT2D eigenvalue weighted by Crippen LogP contribution is 2.19. The first-order valence-electron chi connectivity index (χ1n) is 5.12. The van der Waals surface area contributed by atoms with E-state index in [4.69, 9.17) is 11.6 Å². The molecule has 0 saturated heterocycles. The highest BCUT2D eigenvalue weighted by molar-refractivity contribution is 6.30. The molecule has 1 N–H and O–H groups in total. The molecule has 3 nitrogen and oxygen atoms in total. The van der Waals surface area contributed by atoms with Gasteiger partial charge in [0.15, 0.2) is 0 Å². The van der Waals surface area contributed by atoms with Crippen molar-refractivity contribution in [2.24, 2.45) is 0 Å². The van der Waals surface area contributed by atoms with Gasteiger partial charge < -0.3 is 9.88 Å². The Morgan fingerprint density at radius 3 is 2.88 bits per heavy atom. The lowest BCUT2D eigenvalue weighted by atomic mass is 10.3. The molecule has 84 valence electrons. The van der Waals surface area contributed by atoms with Crippen LogP contribution in [0, 0.1) is 6.92 Å². The number of halogens is 1. The molecule has 0 aliphatic rings. The zero-order valence-electron chi connectivity index (χ0n) is 9.37. The van der Waals surface area contributed by atoms with Crippen molar-refractivity contribution >= 4 is 17.3 Å². The Morgan fingerprint density at radius 1 is 1.44 bits per heavy atom. The molecule has 0 spiro atoms. The van der Waals surface area contributed by atoms with Crippen LogP contribution in [0.4, 0.5) is 5.69 Å². The maximum absolute atomic E-state index is 5.95. The summed E-state index contributed by atoms with van der Waals surface area (Å²) in [5, 5.41) is 0.755. The van der Waals surface area contributed by atoms with Gasteiger partial charge in [0.05, 0.1) is 18.4 Å². The smallest absolute Gasteiger partial charge is 0.103 e. The van der Waals surface area contributed by atoms with Gasteiger partial charge in [-0.25, -0.2) is 4.98 Å². The number of nitrogens with zero attached hydrogens (tertiary/aromatic N) is 2. The molecule has 16 heavy (non-hydrogen) atoms. The molecule has 0 saturated carbocycles. The summed E-state index contributed by atoms with van der Waals surface area (Å²) >= 11 is 5.95. The van der Waals surface area contributed by atoms with Crippen LogP contribution in [-0.4, -0.2) is 17.0 Å². The van der Waals surface area contributed by atoms with E-state index in [0.717, 1.165) is 28.8 Å². The first-order chi connectivity index (χ1) is 7.65. The molecule has 0 aliphatic carbocycles. The number of nitrogens with one attached hydrogen (secondary N) is 1. The molecule has 1 aromatic carbocycles. The zero-order chi connectivity index (χ0) is 11.5. The average Bonchev–Trinajstić information content (AvgIpc) is 2.64. The average molecular weight is 236 g/mol. The van der Waals surface area contributed by atoms with Gasteiger partial charge in [0.1, 0.15) is 5.82 Å². The molecule has 0 bridgehead atoms. The number of hydrogen-bond donors (Lipinski definition) is 1. The summed E-state index contributed by atoms with van der Waals surface area (Å²) in [6, 6.07) is 7.81. The largest absolute Gasteiger partial charge is 0.369 e. The Bertz CT molecular complexity index is 479. The summed E-state index contributed by atoms with van der Waals surface area (Å²) in [6.45, 7) is 2.74. The van der Waals surface area contributed by atoms with E-state index in [2.05, 4.69) is 14.9 Å². The molecule has 2 rings (SSSR count). The third-order valence-corrected chi connectivity index (χ3v) is 2.65. The van der Waals surface area contributed by atoms with Crippen LogP contribution < -0.4 is 4.90 Å². The summed E-state index contributed by atoms with van der Waals surface area (Å²) < 4.78 is 0. The standard InChI is InChI=1S/C12H14ClN3/c1-9-14-7-11(15-9)8-16(2)12-5-3-4-10(13)6-12/h3-7H,8H2,1-2H3,(H,14,15). The molecule has 4 heteroatoms. The van der Waals surface area contributed by atoms with Crippen LogP contribution in [0.25, 0.3) is 0 Å². The minimum absolute atomic E-state index is 0.755. The fraction of sp³-hybridized carbons (Fsp3) is 0.250. The predicted octanol–water partition coefficient (Wildman–Crippen LogP) is 3.01. The number of benzene rings is 1. The lowest BCUT2D eigenvalue weighted by Crippen LogP contribution is -2.16. The fourth-order valence-electron chi connectivity index (χ4n) is 1.61. The molecule has 0 atom stereocenters. The molecule has 0 radical (unpaired) electrons. The number of aryl methyl sites for hydroxylation is 1. The van der Waals surface area contributed by atoms with Crippen LogP contribution in [0.2, 0.25) is 5.02 Å². The number of H-pyrrole nitrogens is 1. The summed E-state index contributed by atoms with van der Waals surface area (Å²) in [5.74, 6) is 0.939. The van der Waals surface area contributed by atoms with Gasteiger partial charge in [-0.1, -0.05) is 17.7 Å². The highest BCUT2D eigenvalue weighted by Gasteiger charge is 2.04. The first-order valence-corrected chi connectivity index (χ1v) is 5.50. The van der Waals surface area contributed by atoms with Gasteiger partial charge in [-0.15, -0.1) is 0 Å². The van der Waals surface area contributed by atoms with Gasteiger partial charge in [-0.05, 0) is 25.1 Å². The Morgan fingerprint density at radius 2 is 2.25 bits per heavy atom. The predicted molar refractivity (Wildman–Crippen MR) is 66.9 cm³/mol. The molecule has 0 amide bonds. The molecule has 0 aliphatic heterocycles. The van der Waals surface area contributed by atoms with Gasteiger partial charge >= 0.3 is 0 Å². The summed E-state index contributed by atoms with van der Waals surface area (Å²) in [5.41, 5.74) is 2.19. The van der Waals surface area contributed by atoms with Gasteiger partial charge in [-0.2, -0.15) is 0 Å². The lowest BCUT2D eigenvalue weighted by Gasteiger charge is -2.18. The Labute approximate surface area is 100 Å². The number of hydrogen-bond acceptors (Lipinski definition) is 2. The normalized spacial score (nSPS) is 10.4. The van der Waals surface area contributed by atoms with Crippen LogP contribution in [0.1, 0.15) is 11.5 Å². The Balaban J connectivity index is 2.11. The van der Waals surface area contributed by atoms with E-state index in [9.17, 15) is 0 Å². The highest BCUT2D eigenvalue weighted by atomic mass is 35.5. The van der Waals surface area contributed by atoms with E-state index < -0.39 is 0 Å². The summed E-state index contributed by atoms with van der Waals surface area (Å²) in [7, 11) is 2.03. The second-order valence-electron chi connectivity index (χ2n) is 3.83. The quantitative estimate of drug-likeness (QED) is 0.887. The maximum Gasteiger partial charge on any atom is 0.103 e. The van der Waals surface area contributed by atoms with Crippen molar-refractivity contribution in [3.63, 3.8) is 0 Å². The summed E-state index contributed by atoms with van der Waals surface area (Å²) in [4.78, 5) is 9.50. The Hall–Kier alpha value is -1.48. The lowest BCUT2D eigenvalue weighted by molar-refractivity contribution is 0.890. The van der Waals surface area contributed by atoms with E-state index in [0.29, 0.717) is 0 Å². The van der Waals surface area contributed by atoms with Gasteiger partial charge in [-0.3, -0.25) is 0 Å². The fourth-order valence-corrected chi connectivity index (χ4v) is 1.80.